The van der Waals surface area contributed by atoms with E-state index in [9.17, 15) is 9.59 Å². The molecule has 21 heavy (non-hydrogen) atoms. The van der Waals surface area contributed by atoms with Crippen molar-refractivity contribution in [3.05, 3.63) is 17.0 Å². The Labute approximate surface area is 128 Å². The molecular weight excluding hydrogens is 290 g/mol. The van der Waals surface area contributed by atoms with Crippen LogP contribution in [0.25, 0.3) is 0 Å². The Bertz CT molecular complexity index is 482. The number of nitrogens with zero attached hydrogens (tertiary/aromatic N) is 1. The number of amides is 2. The maximum absolute atomic E-state index is 11.8. The van der Waals surface area contributed by atoms with E-state index in [1.807, 2.05) is 0 Å². The van der Waals surface area contributed by atoms with Crippen LogP contribution < -0.4 is 10.6 Å². The van der Waals surface area contributed by atoms with Crippen LogP contribution in [0.4, 0.5) is 9.80 Å². The summed E-state index contributed by atoms with van der Waals surface area (Å²) in [7, 11) is 0. The molecule has 3 N–H and O–H groups in total. The standard InChI is InChI=1S/C14H21N3O3S/c18-13(19)11-5-10-21-12(11)16-14(20)15-6-9-17-7-3-1-2-4-8-17/h5,10H,1-4,6-9H2,(H,18,19)(H2,15,16,20). The summed E-state index contributed by atoms with van der Waals surface area (Å²) in [5.74, 6) is -1.03. The molecule has 1 fully saturated rings. The van der Waals surface area contributed by atoms with Gasteiger partial charge in [0.15, 0.2) is 0 Å². The van der Waals surface area contributed by atoms with E-state index in [0.29, 0.717) is 11.5 Å². The van der Waals surface area contributed by atoms with Gasteiger partial charge in [-0.15, -0.1) is 11.3 Å². The molecule has 1 aromatic heterocycles. The number of anilines is 1. The molecule has 2 amide bonds. The van der Waals surface area contributed by atoms with Gasteiger partial charge in [0.2, 0.25) is 0 Å². The van der Waals surface area contributed by atoms with E-state index in [2.05, 4.69) is 15.5 Å². The molecule has 0 unspecified atom stereocenters. The first-order chi connectivity index (χ1) is 10.2. The van der Waals surface area contributed by atoms with Crippen LogP contribution >= 0.6 is 11.3 Å². The number of carboxylic acids is 1. The Morgan fingerprint density at radius 3 is 2.62 bits per heavy atom. The zero-order valence-corrected chi connectivity index (χ0v) is 12.7. The van der Waals surface area contributed by atoms with Crippen LogP contribution in [0.1, 0.15) is 36.0 Å². The van der Waals surface area contributed by atoms with Crippen LogP contribution in [0.2, 0.25) is 0 Å². The molecule has 7 heteroatoms. The lowest BCUT2D eigenvalue weighted by Crippen LogP contribution is -2.37. The fraction of sp³-hybridized carbons (Fsp3) is 0.571. The van der Waals surface area contributed by atoms with Crippen molar-refractivity contribution in [1.82, 2.24) is 10.2 Å². The van der Waals surface area contributed by atoms with Crippen molar-refractivity contribution < 1.29 is 14.7 Å². The lowest BCUT2D eigenvalue weighted by atomic mass is 10.2. The first-order valence-corrected chi connectivity index (χ1v) is 8.13. The van der Waals surface area contributed by atoms with Crippen molar-refractivity contribution in [2.45, 2.75) is 25.7 Å². The molecule has 0 atom stereocenters. The van der Waals surface area contributed by atoms with E-state index in [4.69, 9.17) is 5.11 Å². The second kappa shape index (κ2) is 7.99. The van der Waals surface area contributed by atoms with E-state index in [-0.39, 0.29) is 11.6 Å². The summed E-state index contributed by atoms with van der Waals surface area (Å²) in [6.07, 6.45) is 5.04. The Morgan fingerprint density at radius 2 is 1.95 bits per heavy atom. The average molecular weight is 311 g/mol. The quantitative estimate of drug-likeness (QED) is 0.780. The Hall–Kier alpha value is -1.60. The number of likely N-dealkylation sites (tertiary alicyclic amines) is 1. The van der Waals surface area contributed by atoms with E-state index >= 15 is 0 Å². The van der Waals surface area contributed by atoms with Gasteiger partial charge >= 0.3 is 12.0 Å². The monoisotopic (exact) mass is 311 g/mol. The van der Waals surface area contributed by atoms with Gasteiger partial charge in [0, 0.05) is 13.1 Å². The number of hydrogen-bond acceptors (Lipinski definition) is 4. The van der Waals surface area contributed by atoms with Crippen LogP contribution in [-0.4, -0.2) is 48.2 Å². The molecule has 0 bridgehead atoms. The minimum absolute atomic E-state index is 0.127. The fourth-order valence-corrected chi connectivity index (χ4v) is 3.18. The fourth-order valence-electron chi connectivity index (χ4n) is 2.41. The van der Waals surface area contributed by atoms with Crippen molar-refractivity contribution >= 4 is 28.3 Å². The maximum atomic E-state index is 11.8. The van der Waals surface area contributed by atoms with Gasteiger partial charge in [-0.2, -0.15) is 0 Å². The van der Waals surface area contributed by atoms with E-state index < -0.39 is 5.97 Å². The summed E-state index contributed by atoms with van der Waals surface area (Å²) in [6.45, 7) is 3.60. The van der Waals surface area contributed by atoms with E-state index in [1.54, 1.807) is 5.38 Å². The van der Waals surface area contributed by atoms with Crippen molar-refractivity contribution in [3.63, 3.8) is 0 Å². The third-order valence-electron chi connectivity index (χ3n) is 3.53. The smallest absolute Gasteiger partial charge is 0.338 e. The Balaban J connectivity index is 1.72. The number of nitrogens with one attached hydrogen (secondary N) is 2. The summed E-state index contributed by atoms with van der Waals surface area (Å²) in [5.41, 5.74) is 0.127. The number of thiophene rings is 1. The Morgan fingerprint density at radius 1 is 1.24 bits per heavy atom. The lowest BCUT2D eigenvalue weighted by molar-refractivity contribution is 0.0698. The van der Waals surface area contributed by atoms with Crippen LogP contribution in [0.3, 0.4) is 0 Å². The zero-order valence-electron chi connectivity index (χ0n) is 11.9. The van der Waals surface area contributed by atoms with Gasteiger partial charge in [-0.05, 0) is 37.4 Å². The summed E-state index contributed by atoms with van der Waals surface area (Å²) < 4.78 is 0. The molecule has 0 spiro atoms. The molecule has 2 heterocycles. The summed E-state index contributed by atoms with van der Waals surface area (Å²) in [6, 6.07) is 1.13. The molecule has 0 radical (unpaired) electrons. The highest BCUT2D eigenvalue weighted by atomic mass is 32.1. The molecule has 1 aliphatic heterocycles. The number of carbonyl (C=O) groups is 2. The van der Waals surface area contributed by atoms with Crippen LogP contribution in [0, 0.1) is 0 Å². The largest absolute Gasteiger partial charge is 0.478 e. The molecule has 1 saturated heterocycles. The highest BCUT2D eigenvalue weighted by Crippen LogP contribution is 2.22. The van der Waals surface area contributed by atoms with Gasteiger partial charge in [0.05, 0.1) is 5.56 Å². The minimum atomic E-state index is -1.03. The van der Waals surface area contributed by atoms with Gasteiger partial charge in [-0.25, -0.2) is 9.59 Å². The molecule has 1 aliphatic rings. The number of aromatic carboxylic acids is 1. The normalized spacial score (nSPS) is 16.2. The topological polar surface area (TPSA) is 81.7 Å². The summed E-state index contributed by atoms with van der Waals surface area (Å²) in [5, 5.41) is 16.4. The molecule has 2 rings (SSSR count). The molecule has 0 aromatic carbocycles. The van der Waals surface area contributed by atoms with Crippen molar-refractivity contribution in [3.8, 4) is 0 Å². The maximum Gasteiger partial charge on any atom is 0.338 e. The minimum Gasteiger partial charge on any atom is -0.478 e. The predicted molar refractivity (Wildman–Crippen MR) is 83.2 cm³/mol. The number of rotatable bonds is 5. The third-order valence-corrected chi connectivity index (χ3v) is 4.36. The molecule has 0 aliphatic carbocycles. The van der Waals surface area contributed by atoms with E-state index in [1.165, 1.54) is 43.1 Å². The van der Waals surface area contributed by atoms with Crippen LogP contribution in [-0.2, 0) is 0 Å². The van der Waals surface area contributed by atoms with Gasteiger partial charge in [0.25, 0.3) is 0 Å². The second-order valence-electron chi connectivity index (χ2n) is 5.11. The number of carboxylic acid groups (broad SMARTS) is 1. The van der Waals surface area contributed by atoms with Gasteiger partial charge in [-0.3, -0.25) is 5.32 Å². The average Bonchev–Trinajstić information content (AvgIpc) is 2.74. The van der Waals surface area contributed by atoms with Crippen LogP contribution in [0.15, 0.2) is 11.4 Å². The summed E-state index contributed by atoms with van der Waals surface area (Å²) >= 11 is 1.21. The number of carbonyl (C=O) groups excluding carboxylic acids is 1. The van der Waals surface area contributed by atoms with E-state index in [0.717, 1.165) is 19.6 Å². The predicted octanol–water partition coefficient (Wildman–Crippen LogP) is 2.44. The molecule has 116 valence electrons. The Kier molecular flexibility index (Phi) is 6.01. The first kappa shape index (κ1) is 15.8. The molecular formula is C14H21N3O3S. The second-order valence-corrected chi connectivity index (χ2v) is 6.02. The van der Waals surface area contributed by atoms with Crippen molar-refractivity contribution in [2.75, 3.05) is 31.5 Å². The van der Waals surface area contributed by atoms with Crippen LogP contribution in [0.5, 0.6) is 0 Å². The highest BCUT2D eigenvalue weighted by molar-refractivity contribution is 7.14. The number of urea groups is 1. The SMILES string of the molecule is O=C(NCCN1CCCCCC1)Nc1sccc1C(=O)O. The van der Waals surface area contributed by atoms with Crippen molar-refractivity contribution in [1.29, 1.82) is 0 Å². The molecule has 0 saturated carbocycles. The highest BCUT2D eigenvalue weighted by Gasteiger charge is 2.14. The van der Waals surface area contributed by atoms with Gasteiger partial charge in [0.1, 0.15) is 5.00 Å². The summed E-state index contributed by atoms with van der Waals surface area (Å²) in [4.78, 5) is 25.1. The molecule has 1 aromatic rings. The zero-order chi connectivity index (χ0) is 15.1. The van der Waals surface area contributed by atoms with Gasteiger partial charge in [-0.1, -0.05) is 12.8 Å². The molecule has 6 nitrogen and oxygen atoms in total. The first-order valence-electron chi connectivity index (χ1n) is 7.25. The third kappa shape index (κ3) is 5.02. The van der Waals surface area contributed by atoms with Crippen molar-refractivity contribution in [2.24, 2.45) is 0 Å². The lowest BCUT2D eigenvalue weighted by Gasteiger charge is -2.19. The van der Waals surface area contributed by atoms with Gasteiger partial charge < -0.3 is 15.3 Å². The number of hydrogen-bond donors (Lipinski definition) is 3.